The van der Waals surface area contributed by atoms with E-state index in [9.17, 15) is 14.9 Å². The molecule has 0 unspecified atom stereocenters. The van der Waals surface area contributed by atoms with Gasteiger partial charge in [0, 0.05) is 18.8 Å². The highest BCUT2D eigenvalue weighted by molar-refractivity contribution is 5.84. The third-order valence-electron chi connectivity index (χ3n) is 2.07. The van der Waals surface area contributed by atoms with Gasteiger partial charge in [-0.1, -0.05) is 0 Å². The van der Waals surface area contributed by atoms with E-state index in [0.29, 0.717) is 6.54 Å². The number of hydrogen-bond donors (Lipinski definition) is 0. The largest absolute Gasteiger partial charge is 0.466 e. The Kier molecular flexibility index (Phi) is 3.82. The van der Waals surface area contributed by atoms with E-state index in [1.807, 2.05) is 6.92 Å². The fraction of sp³-hybridized carbons (Fsp3) is 0.300. The van der Waals surface area contributed by atoms with E-state index in [0.717, 1.165) is 6.08 Å². The third kappa shape index (κ3) is 2.69. The molecule has 0 atom stereocenters. The van der Waals surface area contributed by atoms with Gasteiger partial charge in [0.05, 0.1) is 23.8 Å². The van der Waals surface area contributed by atoms with Crippen molar-refractivity contribution in [2.24, 2.45) is 0 Å². The summed E-state index contributed by atoms with van der Waals surface area (Å²) in [5, 5.41) is 10.8. The first-order valence-electron chi connectivity index (χ1n) is 4.68. The molecule has 1 aliphatic heterocycles. The van der Waals surface area contributed by atoms with Crippen molar-refractivity contribution in [2.45, 2.75) is 6.92 Å². The average Bonchev–Trinajstić information content (AvgIpc) is 2.29. The Morgan fingerprint density at radius 2 is 2.38 bits per heavy atom. The standard InChI is InChI=1S/C10H12N2O4/c1-3-11-5-4-8(6-10(13)16-2)9(7-11)12(14)15/h4-7H,3H2,1-2H3/b8-6-. The molecule has 1 heterocycles. The van der Waals surface area contributed by atoms with Crippen LogP contribution in [0, 0.1) is 10.1 Å². The Morgan fingerprint density at radius 3 is 2.88 bits per heavy atom. The first-order valence-corrected chi connectivity index (χ1v) is 4.68. The first-order chi connectivity index (χ1) is 7.58. The predicted molar refractivity (Wildman–Crippen MR) is 56.7 cm³/mol. The molecular formula is C10H12N2O4. The number of rotatable bonds is 3. The molecule has 0 aromatic rings. The zero-order valence-electron chi connectivity index (χ0n) is 9.04. The quantitative estimate of drug-likeness (QED) is 0.310. The van der Waals surface area contributed by atoms with Gasteiger partial charge in [-0.25, -0.2) is 4.79 Å². The minimum absolute atomic E-state index is 0.116. The van der Waals surface area contributed by atoms with Gasteiger partial charge in [0.2, 0.25) is 0 Å². The highest BCUT2D eigenvalue weighted by Crippen LogP contribution is 2.18. The van der Waals surface area contributed by atoms with E-state index in [-0.39, 0.29) is 11.3 Å². The minimum atomic E-state index is -0.614. The van der Waals surface area contributed by atoms with Crippen LogP contribution in [0.1, 0.15) is 6.92 Å². The number of carbonyl (C=O) groups is 1. The monoisotopic (exact) mass is 224 g/mol. The zero-order chi connectivity index (χ0) is 12.1. The van der Waals surface area contributed by atoms with Gasteiger partial charge in [-0.2, -0.15) is 0 Å². The Labute approximate surface area is 92.6 Å². The molecule has 1 rings (SSSR count). The maximum absolute atomic E-state index is 11.0. The molecule has 0 aromatic heterocycles. The Bertz CT molecular complexity index is 396. The normalized spacial score (nSPS) is 17.2. The van der Waals surface area contributed by atoms with E-state index in [1.54, 1.807) is 11.1 Å². The smallest absolute Gasteiger partial charge is 0.331 e. The average molecular weight is 224 g/mol. The topological polar surface area (TPSA) is 72.7 Å². The lowest BCUT2D eigenvalue weighted by Gasteiger charge is -2.16. The fourth-order valence-electron chi connectivity index (χ4n) is 1.19. The Hall–Kier alpha value is -2.11. The number of nitrogens with zero attached hydrogens (tertiary/aromatic N) is 2. The molecule has 16 heavy (non-hydrogen) atoms. The number of allylic oxidation sites excluding steroid dienone is 1. The summed E-state index contributed by atoms with van der Waals surface area (Å²) in [6.45, 7) is 2.49. The molecular weight excluding hydrogens is 212 g/mol. The third-order valence-corrected chi connectivity index (χ3v) is 2.07. The molecule has 0 spiro atoms. The molecule has 86 valence electrons. The van der Waals surface area contributed by atoms with Crippen molar-refractivity contribution >= 4 is 5.97 Å². The molecule has 0 saturated heterocycles. The van der Waals surface area contributed by atoms with Crippen LogP contribution in [0.2, 0.25) is 0 Å². The molecule has 0 N–H and O–H groups in total. The van der Waals surface area contributed by atoms with E-state index in [1.165, 1.54) is 19.4 Å². The number of ether oxygens (including phenoxy) is 1. The van der Waals surface area contributed by atoms with Crippen LogP contribution in [0.5, 0.6) is 0 Å². The molecule has 0 amide bonds. The molecule has 0 radical (unpaired) electrons. The van der Waals surface area contributed by atoms with Gasteiger partial charge in [-0.3, -0.25) is 10.1 Å². The number of esters is 1. The van der Waals surface area contributed by atoms with Crippen LogP contribution in [0.4, 0.5) is 0 Å². The second kappa shape index (κ2) is 5.11. The number of nitro groups is 1. The number of methoxy groups -OCH3 is 1. The lowest BCUT2D eigenvalue weighted by molar-refractivity contribution is -0.421. The fourth-order valence-corrected chi connectivity index (χ4v) is 1.19. The molecule has 6 nitrogen and oxygen atoms in total. The van der Waals surface area contributed by atoms with Crippen LogP contribution < -0.4 is 0 Å². The predicted octanol–water partition coefficient (Wildman–Crippen LogP) is 1.05. The van der Waals surface area contributed by atoms with E-state index in [4.69, 9.17) is 0 Å². The summed E-state index contributed by atoms with van der Waals surface area (Å²) in [4.78, 5) is 22.9. The van der Waals surface area contributed by atoms with Crippen molar-refractivity contribution in [3.05, 3.63) is 45.9 Å². The number of hydrogen-bond acceptors (Lipinski definition) is 5. The van der Waals surface area contributed by atoms with Gasteiger partial charge in [0.15, 0.2) is 0 Å². The van der Waals surface area contributed by atoms with Crippen molar-refractivity contribution in [2.75, 3.05) is 13.7 Å². The van der Waals surface area contributed by atoms with E-state index < -0.39 is 10.9 Å². The molecule has 0 aliphatic carbocycles. The Morgan fingerprint density at radius 1 is 1.69 bits per heavy atom. The zero-order valence-corrected chi connectivity index (χ0v) is 9.04. The minimum Gasteiger partial charge on any atom is -0.466 e. The summed E-state index contributed by atoms with van der Waals surface area (Å²) in [5.41, 5.74) is 0.122. The molecule has 1 aliphatic rings. The molecule has 0 bridgehead atoms. The molecule has 0 fully saturated rings. The summed E-state index contributed by atoms with van der Waals surface area (Å²) in [6, 6.07) is 0. The van der Waals surface area contributed by atoms with Crippen LogP contribution in [0.15, 0.2) is 35.8 Å². The lowest BCUT2D eigenvalue weighted by Crippen LogP contribution is -2.17. The van der Waals surface area contributed by atoms with E-state index in [2.05, 4.69) is 4.74 Å². The second-order valence-electron chi connectivity index (χ2n) is 3.04. The van der Waals surface area contributed by atoms with E-state index >= 15 is 0 Å². The van der Waals surface area contributed by atoms with Gasteiger partial charge >= 0.3 is 5.97 Å². The second-order valence-corrected chi connectivity index (χ2v) is 3.04. The van der Waals surface area contributed by atoms with Crippen LogP contribution in [-0.2, 0) is 9.53 Å². The highest BCUT2D eigenvalue weighted by Gasteiger charge is 2.21. The first kappa shape index (κ1) is 12.0. The summed E-state index contributed by atoms with van der Waals surface area (Å²) < 4.78 is 4.42. The molecule has 0 aromatic carbocycles. The van der Waals surface area contributed by atoms with Crippen LogP contribution >= 0.6 is 0 Å². The lowest BCUT2D eigenvalue weighted by atomic mass is 10.1. The van der Waals surface area contributed by atoms with Gasteiger partial charge in [-0.15, -0.1) is 0 Å². The van der Waals surface area contributed by atoms with Crippen LogP contribution in [0.3, 0.4) is 0 Å². The maximum atomic E-state index is 11.0. The van der Waals surface area contributed by atoms with Gasteiger partial charge in [-0.05, 0) is 13.0 Å². The molecule has 0 saturated carbocycles. The summed E-state index contributed by atoms with van der Waals surface area (Å²) in [5.74, 6) is -0.614. The van der Waals surface area contributed by atoms with Crippen molar-refractivity contribution in [3.8, 4) is 0 Å². The highest BCUT2D eigenvalue weighted by atomic mass is 16.6. The van der Waals surface area contributed by atoms with Crippen LogP contribution in [-0.4, -0.2) is 29.4 Å². The van der Waals surface area contributed by atoms with Crippen LogP contribution in [0.25, 0.3) is 0 Å². The van der Waals surface area contributed by atoms with Gasteiger partial charge in [0.1, 0.15) is 0 Å². The Balaban J connectivity index is 3.03. The maximum Gasteiger partial charge on any atom is 0.331 e. The summed E-state index contributed by atoms with van der Waals surface area (Å²) >= 11 is 0. The van der Waals surface area contributed by atoms with Gasteiger partial charge < -0.3 is 9.64 Å². The van der Waals surface area contributed by atoms with Crippen molar-refractivity contribution in [1.29, 1.82) is 0 Å². The van der Waals surface area contributed by atoms with Crippen molar-refractivity contribution in [3.63, 3.8) is 0 Å². The van der Waals surface area contributed by atoms with Gasteiger partial charge in [0.25, 0.3) is 5.70 Å². The molecule has 6 heteroatoms. The van der Waals surface area contributed by atoms with Crippen molar-refractivity contribution in [1.82, 2.24) is 4.90 Å². The SMILES string of the molecule is CCN1C=C/C(=C/C(=O)OC)C([N+](=O)[O-])=C1. The number of carbonyl (C=O) groups excluding carboxylic acids is 1. The van der Waals surface area contributed by atoms with Crippen molar-refractivity contribution < 1.29 is 14.5 Å². The summed E-state index contributed by atoms with van der Waals surface area (Å²) in [6.07, 6.45) is 5.66. The summed E-state index contributed by atoms with van der Waals surface area (Å²) in [7, 11) is 1.22.